The number of hydrogen-bond donors (Lipinski definition) is 2. The van der Waals surface area contributed by atoms with E-state index in [1.807, 2.05) is 32.9 Å². The molecule has 1 aromatic rings. The first kappa shape index (κ1) is 23.7. The molecule has 0 aliphatic carbocycles. The molecule has 8 heteroatoms. The minimum Gasteiger partial charge on any atom is -0.598 e. The van der Waals surface area contributed by atoms with E-state index in [-0.39, 0.29) is 11.5 Å². The van der Waals surface area contributed by atoms with Gasteiger partial charge in [0.25, 0.3) is 0 Å². The van der Waals surface area contributed by atoms with Gasteiger partial charge in [-0.25, -0.2) is 4.79 Å². The number of ether oxygens (including phenoxy) is 1. The predicted molar refractivity (Wildman–Crippen MR) is 123 cm³/mol. The fourth-order valence-corrected chi connectivity index (χ4v) is 6.09. The summed E-state index contributed by atoms with van der Waals surface area (Å²) in [5.74, 6) is 0.807. The lowest BCUT2D eigenvalue weighted by Crippen LogP contribution is -2.54. The minimum absolute atomic E-state index is 0.131. The van der Waals surface area contributed by atoms with Gasteiger partial charge in [0.05, 0.1) is 6.04 Å². The van der Waals surface area contributed by atoms with Gasteiger partial charge in [0, 0.05) is 53.8 Å². The van der Waals surface area contributed by atoms with Crippen molar-refractivity contribution in [1.82, 2.24) is 9.62 Å². The number of carboxylic acid groups (broad SMARTS) is 1. The highest BCUT2D eigenvalue weighted by atomic mass is 79.9. The SMILES string of the molecule is CC(C)(C)c1c(Br)ccc2c1[C@@H](N[S+]([O-])C(C)(C)C)CC1(CCN(C(=O)O)CC1)O2. The number of amides is 1. The smallest absolute Gasteiger partial charge is 0.407 e. The van der Waals surface area contributed by atoms with Gasteiger partial charge in [0.2, 0.25) is 0 Å². The summed E-state index contributed by atoms with van der Waals surface area (Å²) in [7, 11) is 0. The highest BCUT2D eigenvalue weighted by Crippen LogP contribution is 2.50. The fourth-order valence-electron chi connectivity index (χ4n) is 4.34. The van der Waals surface area contributed by atoms with Crippen LogP contribution in [0.5, 0.6) is 5.75 Å². The van der Waals surface area contributed by atoms with Gasteiger partial charge in [-0.1, -0.05) is 36.7 Å². The molecule has 0 saturated carbocycles. The topological polar surface area (TPSA) is 84.9 Å². The van der Waals surface area contributed by atoms with E-state index in [0.717, 1.165) is 21.3 Å². The highest BCUT2D eigenvalue weighted by Gasteiger charge is 2.47. The van der Waals surface area contributed by atoms with Crippen molar-refractivity contribution >= 4 is 33.4 Å². The number of nitrogens with zero attached hydrogens (tertiary/aromatic N) is 1. The maximum atomic E-state index is 13.1. The molecule has 2 aliphatic heterocycles. The molecule has 2 heterocycles. The van der Waals surface area contributed by atoms with Crippen LogP contribution in [0.4, 0.5) is 4.79 Å². The molecule has 2 aliphatic rings. The fraction of sp³-hybridized carbons (Fsp3) is 0.682. The van der Waals surface area contributed by atoms with Crippen LogP contribution in [0.15, 0.2) is 16.6 Å². The predicted octanol–water partition coefficient (Wildman–Crippen LogP) is 5.13. The van der Waals surface area contributed by atoms with E-state index in [1.54, 1.807) is 0 Å². The number of hydrogen-bond acceptors (Lipinski definition) is 4. The molecule has 6 nitrogen and oxygen atoms in total. The third-order valence-corrected chi connectivity index (χ3v) is 8.18. The first-order valence-electron chi connectivity index (χ1n) is 10.4. The molecule has 1 aromatic carbocycles. The number of nitrogens with one attached hydrogen (secondary N) is 1. The molecule has 0 aromatic heterocycles. The van der Waals surface area contributed by atoms with Crippen molar-refractivity contribution in [2.75, 3.05) is 13.1 Å². The Kier molecular flexibility index (Phi) is 6.47. The Morgan fingerprint density at radius 3 is 2.37 bits per heavy atom. The van der Waals surface area contributed by atoms with E-state index in [0.29, 0.717) is 32.4 Å². The third kappa shape index (κ3) is 4.76. The lowest BCUT2D eigenvalue weighted by Gasteiger charge is -2.47. The number of carbonyl (C=O) groups is 1. The Balaban J connectivity index is 2.04. The summed E-state index contributed by atoms with van der Waals surface area (Å²) in [5, 5.41) is 9.33. The maximum absolute atomic E-state index is 13.1. The second kappa shape index (κ2) is 8.19. The molecule has 2 atom stereocenters. The number of piperidine rings is 1. The van der Waals surface area contributed by atoms with Crippen molar-refractivity contribution in [2.45, 2.75) is 82.6 Å². The third-order valence-electron chi connectivity index (χ3n) is 5.91. The van der Waals surface area contributed by atoms with Crippen LogP contribution < -0.4 is 9.46 Å². The molecular weight excluding hydrogens is 468 g/mol. The quantitative estimate of drug-likeness (QED) is 0.549. The standard InChI is InChI=1S/C22H33BrN2O4S/c1-20(2,3)18-14(23)7-8-16-17(18)15(24-30(28)21(4,5)6)13-22(29-16)9-11-25(12-10-22)19(26)27/h7-8,15,24H,9-13H2,1-6H3,(H,26,27)/t15-,30?/m0/s1. The Morgan fingerprint density at radius 1 is 1.27 bits per heavy atom. The number of likely N-dealkylation sites (tertiary alicyclic amines) is 1. The molecule has 0 bridgehead atoms. The van der Waals surface area contributed by atoms with Gasteiger partial charge in [-0.05, 0) is 43.9 Å². The van der Waals surface area contributed by atoms with Crippen LogP contribution in [0.1, 0.15) is 78.0 Å². The summed E-state index contributed by atoms with van der Waals surface area (Å²) in [6.45, 7) is 13.3. The van der Waals surface area contributed by atoms with Gasteiger partial charge in [-0.15, -0.1) is 4.72 Å². The molecule has 2 N–H and O–H groups in total. The molecule has 0 radical (unpaired) electrons. The van der Waals surface area contributed by atoms with Crippen molar-refractivity contribution in [3.8, 4) is 5.75 Å². The normalized spacial score (nSPS) is 22.4. The van der Waals surface area contributed by atoms with Gasteiger partial charge in [-0.2, -0.15) is 0 Å². The molecule has 1 saturated heterocycles. The van der Waals surface area contributed by atoms with E-state index in [9.17, 15) is 14.5 Å². The molecular formula is C22H33BrN2O4S. The van der Waals surface area contributed by atoms with Crippen LogP contribution in [0.3, 0.4) is 0 Å². The first-order chi connectivity index (χ1) is 13.7. The number of benzene rings is 1. The summed E-state index contributed by atoms with van der Waals surface area (Å²) in [6.07, 6.45) is 1.03. The molecule has 1 spiro atoms. The monoisotopic (exact) mass is 500 g/mol. The van der Waals surface area contributed by atoms with Crippen molar-refractivity contribution in [3.63, 3.8) is 0 Å². The van der Waals surface area contributed by atoms with Gasteiger partial charge >= 0.3 is 6.09 Å². The lowest BCUT2D eigenvalue weighted by molar-refractivity contribution is -0.0195. The Hall–Kier alpha value is -0.960. The summed E-state index contributed by atoms with van der Waals surface area (Å²) in [5.41, 5.74) is 1.62. The van der Waals surface area contributed by atoms with Gasteiger partial charge in [-0.3, -0.25) is 0 Å². The number of fused-ring (bicyclic) bond motifs is 1. The van der Waals surface area contributed by atoms with E-state index in [1.165, 1.54) is 4.90 Å². The van der Waals surface area contributed by atoms with Gasteiger partial charge < -0.3 is 19.3 Å². The molecule has 1 fully saturated rings. The number of rotatable bonds is 2. The summed E-state index contributed by atoms with van der Waals surface area (Å²) in [6, 6.07) is 3.85. The van der Waals surface area contributed by atoms with Crippen molar-refractivity contribution < 1.29 is 19.2 Å². The van der Waals surface area contributed by atoms with E-state index >= 15 is 0 Å². The van der Waals surface area contributed by atoms with Crippen LogP contribution in [0.25, 0.3) is 0 Å². The summed E-state index contributed by atoms with van der Waals surface area (Å²) in [4.78, 5) is 12.8. The Bertz CT molecular complexity index is 811. The zero-order valence-electron chi connectivity index (χ0n) is 18.7. The summed E-state index contributed by atoms with van der Waals surface area (Å²) < 4.78 is 23.7. The Morgan fingerprint density at radius 2 is 1.87 bits per heavy atom. The van der Waals surface area contributed by atoms with Crippen LogP contribution in [-0.2, 0) is 16.8 Å². The minimum atomic E-state index is -1.24. The second-order valence-electron chi connectivity index (χ2n) is 10.4. The average Bonchev–Trinajstić information content (AvgIpc) is 2.60. The highest BCUT2D eigenvalue weighted by molar-refractivity contribution is 9.10. The largest absolute Gasteiger partial charge is 0.598 e. The first-order valence-corrected chi connectivity index (χ1v) is 12.4. The molecule has 3 rings (SSSR count). The molecule has 1 unspecified atom stereocenters. The zero-order chi connectivity index (χ0) is 22.5. The van der Waals surface area contributed by atoms with Gasteiger partial charge in [0.1, 0.15) is 16.1 Å². The average molecular weight is 501 g/mol. The summed E-state index contributed by atoms with van der Waals surface area (Å²) >= 11 is 2.48. The molecule has 168 valence electrons. The van der Waals surface area contributed by atoms with E-state index in [4.69, 9.17) is 4.74 Å². The lowest BCUT2D eigenvalue weighted by atomic mass is 9.75. The van der Waals surface area contributed by atoms with Crippen LogP contribution >= 0.6 is 15.9 Å². The van der Waals surface area contributed by atoms with Crippen molar-refractivity contribution in [1.29, 1.82) is 0 Å². The van der Waals surface area contributed by atoms with E-state index in [2.05, 4.69) is 41.4 Å². The van der Waals surface area contributed by atoms with E-state index < -0.39 is 27.8 Å². The van der Waals surface area contributed by atoms with Crippen molar-refractivity contribution in [3.05, 3.63) is 27.7 Å². The Labute approximate surface area is 191 Å². The second-order valence-corrected chi connectivity index (χ2v) is 13.2. The zero-order valence-corrected chi connectivity index (χ0v) is 21.1. The van der Waals surface area contributed by atoms with Crippen molar-refractivity contribution in [2.24, 2.45) is 0 Å². The maximum Gasteiger partial charge on any atom is 0.407 e. The van der Waals surface area contributed by atoms with Crippen LogP contribution in [0.2, 0.25) is 0 Å². The molecule has 1 amide bonds. The molecule has 30 heavy (non-hydrogen) atoms. The van der Waals surface area contributed by atoms with Crippen LogP contribution in [-0.4, -0.2) is 44.1 Å². The van der Waals surface area contributed by atoms with Crippen LogP contribution in [0, 0.1) is 0 Å². The van der Waals surface area contributed by atoms with Gasteiger partial charge in [0.15, 0.2) is 0 Å². The number of halogens is 1.